The van der Waals surface area contributed by atoms with E-state index >= 15 is 0 Å². The minimum Gasteiger partial charge on any atom is -0.507 e. The first-order valence-corrected chi connectivity index (χ1v) is 13.5. The fraction of sp³-hybridized carbons (Fsp3) is 0.387. The summed E-state index contributed by atoms with van der Waals surface area (Å²) >= 11 is 0. The van der Waals surface area contributed by atoms with Gasteiger partial charge in [0.05, 0.1) is 38.0 Å². The Morgan fingerprint density at radius 2 is 1.81 bits per heavy atom. The summed E-state index contributed by atoms with van der Waals surface area (Å²) in [6, 6.07) is 7.29. The third kappa shape index (κ3) is 4.14. The van der Waals surface area contributed by atoms with E-state index in [1.54, 1.807) is 32.3 Å². The highest BCUT2D eigenvalue weighted by Gasteiger charge is 2.69. The molecule has 220 valence electrons. The number of primary amides is 1. The van der Waals surface area contributed by atoms with E-state index in [1.807, 2.05) is 12.1 Å². The summed E-state index contributed by atoms with van der Waals surface area (Å²) in [5.74, 6) is -10.2. The van der Waals surface area contributed by atoms with Crippen LogP contribution in [0.1, 0.15) is 27.9 Å². The van der Waals surface area contributed by atoms with Crippen molar-refractivity contribution in [1.82, 2.24) is 4.90 Å². The summed E-state index contributed by atoms with van der Waals surface area (Å²) in [5, 5.41) is 22.5. The van der Waals surface area contributed by atoms with Crippen molar-refractivity contribution in [3.05, 3.63) is 53.3 Å². The molecule has 2 saturated carbocycles. The molecular formula is C31H32N2O9. The Kier molecular flexibility index (Phi) is 7.28. The maximum Gasteiger partial charge on any atom is 0.235 e. The summed E-state index contributed by atoms with van der Waals surface area (Å²) in [6.07, 6.45) is 3.34. The zero-order chi connectivity index (χ0) is 30.7. The van der Waals surface area contributed by atoms with Crippen molar-refractivity contribution in [2.24, 2.45) is 29.4 Å². The van der Waals surface area contributed by atoms with Gasteiger partial charge in [0.25, 0.3) is 0 Å². The number of ketones is 4. The molecule has 0 aromatic heterocycles. The summed E-state index contributed by atoms with van der Waals surface area (Å²) in [6.45, 7) is 0. The average Bonchev–Trinajstić information content (AvgIpc) is 2.93. The number of amides is 1. The second kappa shape index (κ2) is 10.5. The van der Waals surface area contributed by atoms with Gasteiger partial charge in [-0.15, -0.1) is 0 Å². The Morgan fingerprint density at radius 3 is 2.43 bits per heavy atom. The minimum absolute atomic E-state index is 0.0244. The van der Waals surface area contributed by atoms with E-state index in [1.165, 1.54) is 31.4 Å². The molecule has 2 unspecified atom stereocenters. The summed E-state index contributed by atoms with van der Waals surface area (Å²) in [5.41, 5.74) is 5.11. The predicted octanol–water partition coefficient (Wildman–Crippen LogP) is 1.16. The van der Waals surface area contributed by atoms with Crippen LogP contribution in [-0.4, -0.2) is 84.1 Å². The van der Waals surface area contributed by atoms with E-state index in [4.69, 9.17) is 15.2 Å². The number of likely N-dealkylation sites (N-methyl/N-ethyl adjacent to an activating group) is 1. The number of carbonyl (C=O) groups excluding carboxylic acids is 5. The number of hydrogen-bond donors (Lipinski definition) is 3. The number of aromatic hydroxyl groups is 1. The monoisotopic (exact) mass is 576 g/mol. The molecule has 5 rings (SSSR count). The van der Waals surface area contributed by atoms with Crippen molar-refractivity contribution >= 4 is 35.1 Å². The van der Waals surface area contributed by atoms with Crippen molar-refractivity contribution < 1.29 is 43.7 Å². The first-order chi connectivity index (χ1) is 19.9. The van der Waals surface area contributed by atoms with Gasteiger partial charge in [-0.3, -0.25) is 28.9 Å². The number of rotatable bonds is 6. The number of nitrogens with zero attached hydrogens (tertiary/aromatic N) is 1. The zero-order valence-corrected chi connectivity index (χ0v) is 23.6. The lowest BCUT2D eigenvalue weighted by molar-refractivity contribution is -0.181. The molecule has 2 fully saturated rings. The lowest BCUT2D eigenvalue weighted by Gasteiger charge is -2.52. The first kappa shape index (κ1) is 29.2. The molecule has 4 N–H and O–H groups in total. The highest BCUT2D eigenvalue weighted by molar-refractivity contribution is 6.32. The van der Waals surface area contributed by atoms with E-state index in [9.17, 15) is 34.2 Å². The third-order valence-electron chi connectivity index (χ3n) is 8.87. The topological polar surface area (TPSA) is 174 Å². The van der Waals surface area contributed by atoms with Crippen molar-refractivity contribution in [3.8, 4) is 22.6 Å². The minimum atomic E-state index is -2.76. The molecule has 2 aromatic rings. The van der Waals surface area contributed by atoms with Gasteiger partial charge in [-0.2, -0.15) is 0 Å². The molecule has 42 heavy (non-hydrogen) atoms. The number of Topliss-reactive ketones (excluding diaryl/α,β-unsaturated/α-hetero) is 4. The number of carbonyl (C=O) groups is 5. The summed E-state index contributed by atoms with van der Waals surface area (Å²) < 4.78 is 10.5. The maximum atomic E-state index is 14.0. The number of nitrogens with two attached hydrogens (primary N) is 1. The van der Waals surface area contributed by atoms with Crippen LogP contribution in [0.5, 0.6) is 11.5 Å². The fourth-order valence-electron chi connectivity index (χ4n) is 7.05. The van der Waals surface area contributed by atoms with Gasteiger partial charge in [-0.1, -0.05) is 12.1 Å². The molecule has 3 aliphatic rings. The van der Waals surface area contributed by atoms with Gasteiger partial charge >= 0.3 is 0 Å². The largest absolute Gasteiger partial charge is 0.507 e. The summed E-state index contributed by atoms with van der Waals surface area (Å²) in [7, 11) is 6.14. The predicted molar refractivity (Wildman–Crippen MR) is 149 cm³/mol. The van der Waals surface area contributed by atoms with E-state index in [0.717, 1.165) is 0 Å². The Labute approximate surface area is 241 Å². The number of phenols is 1. The second-order valence-corrected chi connectivity index (χ2v) is 11.3. The molecule has 0 radical (unpaired) electrons. The Bertz CT molecular complexity index is 1560. The number of benzene rings is 2. The number of phenolic OH excluding ortho intramolecular Hbond substituents is 1. The van der Waals surface area contributed by atoms with E-state index in [2.05, 4.69) is 0 Å². The Balaban J connectivity index is 1.64. The van der Waals surface area contributed by atoms with Crippen LogP contribution in [0.25, 0.3) is 17.2 Å². The molecule has 11 heteroatoms. The lowest BCUT2D eigenvalue weighted by atomic mass is 9.52. The van der Waals surface area contributed by atoms with Gasteiger partial charge < -0.3 is 25.4 Å². The molecule has 0 saturated heterocycles. The molecule has 6 atom stereocenters. The Morgan fingerprint density at radius 1 is 1.10 bits per heavy atom. The second-order valence-electron chi connectivity index (χ2n) is 11.3. The van der Waals surface area contributed by atoms with E-state index < -0.39 is 64.4 Å². The van der Waals surface area contributed by atoms with Crippen LogP contribution in [-0.2, 0) is 30.3 Å². The van der Waals surface area contributed by atoms with Gasteiger partial charge in [0.1, 0.15) is 11.5 Å². The standard InChI is InChI=1S/C31H32N2O9/c1-33(2)25-19-13-16-12-18-17(14-5-8-21(42-4)15(11-14)9-10-41-3)6-7-20(34)23(18)26(35)22(16)28(37)31(19,40)29(38)24(27(25)36)30(32)39/h5-11,16,19,22,24-25,34,40H,12-13H2,1-4H3,(H2,32,39)/t16-,19-,22?,24?,25-,31-/m0/s1. The van der Waals surface area contributed by atoms with Gasteiger partial charge in [-0.25, -0.2) is 0 Å². The highest BCUT2D eigenvalue weighted by atomic mass is 16.5. The van der Waals surface area contributed by atoms with Crippen LogP contribution in [0.15, 0.2) is 36.6 Å². The average molecular weight is 577 g/mol. The van der Waals surface area contributed by atoms with Crippen LogP contribution in [0.4, 0.5) is 0 Å². The summed E-state index contributed by atoms with van der Waals surface area (Å²) in [4.78, 5) is 68.2. The van der Waals surface area contributed by atoms with Gasteiger partial charge in [0.2, 0.25) is 5.91 Å². The van der Waals surface area contributed by atoms with Crippen molar-refractivity contribution in [2.75, 3.05) is 28.3 Å². The van der Waals surface area contributed by atoms with Crippen molar-refractivity contribution in [3.63, 3.8) is 0 Å². The molecule has 0 aliphatic heterocycles. The van der Waals surface area contributed by atoms with Gasteiger partial charge in [0, 0.05) is 11.5 Å². The van der Waals surface area contributed by atoms with E-state index in [0.29, 0.717) is 28.0 Å². The normalized spacial score (nSPS) is 28.9. The molecule has 1 amide bonds. The molecule has 0 spiro atoms. The lowest BCUT2D eigenvalue weighted by Crippen LogP contribution is -2.74. The van der Waals surface area contributed by atoms with Crippen LogP contribution in [0.2, 0.25) is 0 Å². The third-order valence-corrected chi connectivity index (χ3v) is 8.87. The number of methoxy groups -OCH3 is 2. The maximum absolute atomic E-state index is 14.0. The van der Waals surface area contributed by atoms with E-state index in [-0.39, 0.29) is 24.2 Å². The smallest absolute Gasteiger partial charge is 0.235 e. The number of ether oxygens (including phenoxy) is 2. The molecule has 11 nitrogen and oxygen atoms in total. The van der Waals surface area contributed by atoms with Crippen LogP contribution in [0.3, 0.4) is 0 Å². The van der Waals surface area contributed by atoms with Crippen LogP contribution in [0, 0.1) is 23.7 Å². The first-order valence-electron chi connectivity index (χ1n) is 13.5. The molecule has 3 aliphatic carbocycles. The molecule has 2 aromatic carbocycles. The quantitative estimate of drug-likeness (QED) is 0.334. The zero-order valence-electron chi connectivity index (χ0n) is 23.6. The van der Waals surface area contributed by atoms with Crippen molar-refractivity contribution in [2.45, 2.75) is 24.5 Å². The Hall–Kier alpha value is -4.35. The van der Waals surface area contributed by atoms with Crippen molar-refractivity contribution in [1.29, 1.82) is 0 Å². The number of aliphatic hydroxyl groups is 1. The van der Waals surface area contributed by atoms with Gasteiger partial charge in [0.15, 0.2) is 34.7 Å². The van der Waals surface area contributed by atoms with Crippen LogP contribution < -0.4 is 10.5 Å². The molecule has 0 heterocycles. The number of fused-ring (bicyclic) bond motifs is 3. The molecular weight excluding hydrogens is 544 g/mol. The molecule has 0 bridgehead atoms. The fourth-order valence-corrected chi connectivity index (χ4v) is 7.05. The van der Waals surface area contributed by atoms with Crippen LogP contribution >= 0.6 is 0 Å². The SMILES string of the molecule is COC=Cc1cc(-c2ccc(O)c3c2C[C@H]2C[C@H]4[C@H](N(C)C)C(=O)C(C(N)=O)C(=O)[C@@]4(O)C(=O)C2C3=O)ccc1OC. The van der Waals surface area contributed by atoms with Gasteiger partial charge in [-0.05, 0) is 73.8 Å². The highest BCUT2D eigenvalue weighted by Crippen LogP contribution is 2.51. The number of hydrogen-bond acceptors (Lipinski definition) is 10.